The molecule has 0 N–H and O–H groups in total. The number of methoxy groups -OCH3 is 1. The van der Waals surface area contributed by atoms with Gasteiger partial charge in [-0.2, -0.15) is 0 Å². The fourth-order valence-electron chi connectivity index (χ4n) is 2.69. The molecular formula is C13H26O. The number of hydrogen-bond acceptors (Lipinski definition) is 1. The van der Waals surface area contributed by atoms with E-state index in [9.17, 15) is 0 Å². The summed E-state index contributed by atoms with van der Waals surface area (Å²) < 4.78 is 5.68. The molecule has 0 aromatic rings. The average Bonchev–Trinajstić information content (AvgIpc) is 2.27. The lowest BCUT2D eigenvalue weighted by atomic mass is 9.76. The Kier molecular flexibility index (Phi) is 4.94. The Hall–Kier alpha value is -0.0400. The zero-order chi connectivity index (χ0) is 10.4. The summed E-state index contributed by atoms with van der Waals surface area (Å²) in [7, 11) is 1.88. The van der Waals surface area contributed by atoms with Crippen molar-refractivity contribution >= 4 is 0 Å². The third-order valence-corrected chi connectivity index (χ3v) is 4.06. The maximum Gasteiger partial charge on any atom is 0.0676 e. The molecule has 0 spiro atoms. The zero-order valence-electron chi connectivity index (χ0n) is 10.1. The molecule has 84 valence electrons. The van der Waals surface area contributed by atoms with Crippen LogP contribution in [0, 0.1) is 5.92 Å². The third kappa shape index (κ3) is 2.98. The summed E-state index contributed by atoms with van der Waals surface area (Å²) in [4.78, 5) is 0. The Morgan fingerprint density at radius 1 is 1.21 bits per heavy atom. The van der Waals surface area contributed by atoms with Crippen molar-refractivity contribution in [2.75, 3.05) is 7.11 Å². The number of ether oxygens (including phenoxy) is 1. The minimum Gasteiger partial charge on any atom is -0.378 e. The summed E-state index contributed by atoms with van der Waals surface area (Å²) in [5, 5.41) is 0. The number of rotatable bonds is 5. The van der Waals surface area contributed by atoms with Crippen molar-refractivity contribution in [1.82, 2.24) is 0 Å². The van der Waals surface area contributed by atoms with Gasteiger partial charge >= 0.3 is 0 Å². The van der Waals surface area contributed by atoms with E-state index < -0.39 is 0 Å². The molecule has 0 amide bonds. The molecule has 1 aliphatic carbocycles. The van der Waals surface area contributed by atoms with Gasteiger partial charge in [0, 0.05) is 7.11 Å². The van der Waals surface area contributed by atoms with Crippen LogP contribution in [0.15, 0.2) is 0 Å². The van der Waals surface area contributed by atoms with Gasteiger partial charge in [0.15, 0.2) is 0 Å². The van der Waals surface area contributed by atoms with Crippen molar-refractivity contribution in [3.05, 3.63) is 0 Å². The predicted octanol–water partition coefficient (Wildman–Crippen LogP) is 4.16. The van der Waals surface area contributed by atoms with E-state index in [-0.39, 0.29) is 5.60 Å². The highest BCUT2D eigenvalue weighted by atomic mass is 16.5. The number of unbranched alkanes of at least 4 members (excludes halogenated alkanes) is 1. The predicted molar refractivity (Wildman–Crippen MR) is 61.5 cm³/mol. The second-order valence-corrected chi connectivity index (χ2v) is 4.83. The second-order valence-electron chi connectivity index (χ2n) is 4.83. The molecule has 0 atom stereocenters. The molecule has 0 aromatic heterocycles. The summed E-state index contributed by atoms with van der Waals surface area (Å²) in [6, 6.07) is 0. The van der Waals surface area contributed by atoms with Gasteiger partial charge in [-0.3, -0.25) is 0 Å². The van der Waals surface area contributed by atoms with E-state index in [1.54, 1.807) is 0 Å². The fraction of sp³-hybridized carbons (Fsp3) is 1.00. The standard InChI is InChI=1S/C13H26O/c1-4-6-7-12-8-10-13(5-2,14-3)11-9-12/h12H,4-11H2,1-3H3. The lowest BCUT2D eigenvalue weighted by Crippen LogP contribution is -2.35. The Labute approximate surface area is 89.2 Å². The van der Waals surface area contributed by atoms with E-state index in [4.69, 9.17) is 4.74 Å². The first-order valence-electron chi connectivity index (χ1n) is 6.31. The van der Waals surface area contributed by atoms with Gasteiger partial charge in [-0.25, -0.2) is 0 Å². The van der Waals surface area contributed by atoms with Crippen LogP contribution in [0.4, 0.5) is 0 Å². The largest absolute Gasteiger partial charge is 0.378 e. The van der Waals surface area contributed by atoms with Crippen molar-refractivity contribution in [1.29, 1.82) is 0 Å². The van der Waals surface area contributed by atoms with Gasteiger partial charge in [-0.05, 0) is 38.0 Å². The van der Waals surface area contributed by atoms with E-state index in [2.05, 4.69) is 13.8 Å². The topological polar surface area (TPSA) is 9.23 Å². The number of hydrogen-bond donors (Lipinski definition) is 0. The van der Waals surface area contributed by atoms with Crippen LogP contribution in [0.5, 0.6) is 0 Å². The maximum absolute atomic E-state index is 5.68. The first kappa shape index (κ1) is 12.0. The molecule has 0 unspecified atom stereocenters. The highest BCUT2D eigenvalue weighted by Crippen LogP contribution is 2.38. The Morgan fingerprint density at radius 2 is 1.86 bits per heavy atom. The summed E-state index contributed by atoms with van der Waals surface area (Å²) >= 11 is 0. The normalized spacial score (nSPS) is 33.2. The van der Waals surface area contributed by atoms with Crippen LogP contribution in [0.1, 0.15) is 65.2 Å². The Bertz CT molecular complexity index is 139. The SMILES string of the molecule is CCCCC1CCC(CC)(OC)CC1. The van der Waals surface area contributed by atoms with E-state index in [1.807, 2.05) is 7.11 Å². The fourth-order valence-corrected chi connectivity index (χ4v) is 2.69. The van der Waals surface area contributed by atoms with Gasteiger partial charge in [-0.1, -0.05) is 33.1 Å². The van der Waals surface area contributed by atoms with Crippen LogP contribution in [-0.2, 0) is 4.74 Å². The molecule has 1 saturated carbocycles. The molecule has 1 heteroatoms. The lowest BCUT2D eigenvalue weighted by Gasteiger charge is -2.38. The molecule has 0 aliphatic heterocycles. The molecule has 0 saturated heterocycles. The molecule has 0 bridgehead atoms. The molecule has 1 fully saturated rings. The smallest absolute Gasteiger partial charge is 0.0676 e. The van der Waals surface area contributed by atoms with Crippen LogP contribution in [0.2, 0.25) is 0 Å². The average molecular weight is 198 g/mol. The molecule has 1 aliphatic rings. The maximum atomic E-state index is 5.68. The summed E-state index contributed by atoms with van der Waals surface area (Å²) in [6.07, 6.45) is 10.7. The van der Waals surface area contributed by atoms with E-state index in [0.29, 0.717) is 0 Å². The monoisotopic (exact) mass is 198 g/mol. The van der Waals surface area contributed by atoms with Gasteiger partial charge in [0.1, 0.15) is 0 Å². The zero-order valence-corrected chi connectivity index (χ0v) is 10.1. The lowest BCUT2D eigenvalue weighted by molar-refractivity contribution is -0.0524. The van der Waals surface area contributed by atoms with Crippen LogP contribution >= 0.6 is 0 Å². The highest BCUT2D eigenvalue weighted by Gasteiger charge is 2.33. The Balaban J connectivity index is 2.29. The molecule has 0 aromatic carbocycles. The van der Waals surface area contributed by atoms with Crippen molar-refractivity contribution in [2.24, 2.45) is 5.92 Å². The van der Waals surface area contributed by atoms with E-state index in [1.165, 1.54) is 51.4 Å². The molecule has 0 radical (unpaired) electrons. The third-order valence-electron chi connectivity index (χ3n) is 4.06. The van der Waals surface area contributed by atoms with Crippen LogP contribution in [0.25, 0.3) is 0 Å². The first-order valence-corrected chi connectivity index (χ1v) is 6.31. The van der Waals surface area contributed by atoms with Gasteiger partial charge < -0.3 is 4.74 Å². The van der Waals surface area contributed by atoms with Crippen molar-refractivity contribution in [3.8, 4) is 0 Å². The first-order chi connectivity index (χ1) is 6.76. The summed E-state index contributed by atoms with van der Waals surface area (Å²) in [6.45, 7) is 4.55. The minimum atomic E-state index is 0.239. The van der Waals surface area contributed by atoms with Crippen molar-refractivity contribution < 1.29 is 4.74 Å². The molecular weight excluding hydrogens is 172 g/mol. The molecule has 1 rings (SSSR count). The van der Waals surface area contributed by atoms with Gasteiger partial charge in [-0.15, -0.1) is 0 Å². The summed E-state index contributed by atoms with van der Waals surface area (Å²) in [5.41, 5.74) is 0.239. The van der Waals surface area contributed by atoms with E-state index >= 15 is 0 Å². The minimum absolute atomic E-state index is 0.239. The molecule has 0 heterocycles. The second kappa shape index (κ2) is 5.75. The van der Waals surface area contributed by atoms with E-state index in [0.717, 1.165) is 5.92 Å². The Morgan fingerprint density at radius 3 is 2.29 bits per heavy atom. The van der Waals surface area contributed by atoms with Crippen molar-refractivity contribution in [2.45, 2.75) is 70.8 Å². The van der Waals surface area contributed by atoms with Crippen LogP contribution < -0.4 is 0 Å². The molecule has 14 heavy (non-hydrogen) atoms. The van der Waals surface area contributed by atoms with Gasteiger partial charge in [0.05, 0.1) is 5.60 Å². The summed E-state index contributed by atoms with van der Waals surface area (Å²) in [5.74, 6) is 0.991. The molecule has 1 nitrogen and oxygen atoms in total. The van der Waals surface area contributed by atoms with Crippen molar-refractivity contribution in [3.63, 3.8) is 0 Å². The van der Waals surface area contributed by atoms with Gasteiger partial charge in [0.25, 0.3) is 0 Å². The van der Waals surface area contributed by atoms with Gasteiger partial charge in [0.2, 0.25) is 0 Å². The van der Waals surface area contributed by atoms with Crippen LogP contribution in [-0.4, -0.2) is 12.7 Å². The quantitative estimate of drug-likeness (QED) is 0.644. The highest BCUT2D eigenvalue weighted by molar-refractivity contribution is 4.85. The van der Waals surface area contributed by atoms with Crippen LogP contribution in [0.3, 0.4) is 0 Å².